The van der Waals surface area contributed by atoms with Gasteiger partial charge in [-0.3, -0.25) is 9.78 Å². The van der Waals surface area contributed by atoms with Gasteiger partial charge in [0.15, 0.2) is 0 Å². The van der Waals surface area contributed by atoms with Crippen LogP contribution in [0.3, 0.4) is 0 Å². The van der Waals surface area contributed by atoms with Gasteiger partial charge in [0.2, 0.25) is 0 Å². The van der Waals surface area contributed by atoms with Crippen molar-refractivity contribution in [2.75, 3.05) is 0 Å². The van der Waals surface area contributed by atoms with Crippen molar-refractivity contribution in [3.05, 3.63) is 93.2 Å². The molecule has 1 N–H and O–H groups in total. The average molecular weight is 428 g/mol. The van der Waals surface area contributed by atoms with Crippen LogP contribution in [0.4, 0.5) is 0 Å². The SMILES string of the molecule is Cc1ccc(C(=O)N/N=C/c2ccc(OC(=O)c3ccc(Cl)cc3Cl)cc2)cn1. The third kappa shape index (κ3) is 5.63. The molecular weight excluding hydrogens is 413 g/mol. The smallest absolute Gasteiger partial charge is 0.345 e. The fraction of sp³-hybridized carbons (Fsp3) is 0.0476. The van der Waals surface area contributed by atoms with Crippen LogP contribution in [0.25, 0.3) is 0 Å². The minimum atomic E-state index is -0.591. The van der Waals surface area contributed by atoms with Gasteiger partial charge < -0.3 is 4.74 Å². The lowest BCUT2D eigenvalue weighted by Crippen LogP contribution is -2.17. The molecule has 146 valence electrons. The number of benzene rings is 2. The van der Waals surface area contributed by atoms with Gasteiger partial charge in [0, 0.05) is 16.9 Å². The third-order valence-corrected chi connectivity index (χ3v) is 4.34. The summed E-state index contributed by atoms with van der Waals surface area (Å²) in [7, 11) is 0. The molecule has 0 aliphatic rings. The van der Waals surface area contributed by atoms with E-state index in [-0.39, 0.29) is 16.5 Å². The number of carbonyl (C=O) groups excluding carboxylic acids is 2. The summed E-state index contributed by atoms with van der Waals surface area (Å²) < 4.78 is 5.30. The molecule has 1 aromatic heterocycles. The van der Waals surface area contributed by atoms with Crippen LogP contribution in [0.5, 0.6) is 5.75 Å². The summed E-state index contributed by atoms with van der Waals surface area (Å²) in [5.74, 6) is -0.612. The Morgan fingerprint density at radius 1 is 1.07 bits per heavy atom. The maximum absolute atomic E-state index is 12.2. The van der Waals surface area contributed by atoms with E-state index in [0.29, 0.717) is 21.9 Å². The molecule has 0 spiro atoms. The van der Waals surface area contributed by atoms with E-state index in [1.165, 1.54) is 24.5 Å². The molecule has 0 aliphatic heterocycles. The lowest BCUT2D eigenvalue weighted by atomic mass is 10.2. The molecule has 0 saturated heterocycles. The first kappa shape index (κ1) is 20.5. The van der Waals surface area contributed by atoms with Crippen molar-refractivity contribution in [2.24, 2.45) is 5.10 Å². The Morgan fingerprint density at radius 3 is 2.48 bits per heavy atom. The normalized spacial score (nSPS) is 10.7. The van der Waals surface area contributed by atoms with E-state index >= 15 is 0 Å². The molecule has 2 aromatic carbocycles. The molecule has 1 heterocycles. The Labute approximate surface area is 177 Å². The molecule has 0 fully saturated rings. The summed E-state index contributed by atoms with van der Waals surface area (Å²) in [5.41, 5.74) is 4.58. The predicted octanol–water partition coefficient (Wildman–Crippen LogP) is 4.68. The first-order valence-corrected chi connectivity index (χ1v) is 9.21. The number of aromatic nitrogens is 1. The molecule has 0 radical (unpaired) electrons. The summed E-state index contributed by atoms with van der Waals surface area (Å²) in [4.78, 5) is 28.2. The summed E-state index contributed by atoms with van der Waals surface area (Å²) >= 11 is 11.8. The number of carbonyl (C=O) groups is 2. The number of aryl methyl sites for hydroxylation is 1. The molecule has 0 bridgehead atoms. The van der Waals surface area contributed by atoms with Gasteiger partial charge in [-0.2, -0.15) is 5.10 Å². The number of rotatable bonds is 5. The van der Waals surface area contributed by atoms with E-state index in [2.05, 4.69) is 15.5 Å². The van der Waals surface area contributed by atoms with Crippen molar-refractivity contribution >= 4 is 41.3 Å². The van der Waals surface area contributed by atoms with Gasteiger partial charge >= 0.3 is 5.97 Å². The monoisotopic (exact) mass is 427 g/mol. The summed E-state index contributed by atoms with van der Waals surface area (Å²) in [6.45, 7) is 1.84. The molecule has 3 rings (SSSR count). The molecular formula is C21H15Cl2N3O3. The number of hydrogen-bond acceptors (Lipinski definition) is 5. The second-order valence-corrected chi connectivity index (χ2v) is 6.81. The van der Waals surface area contributed by atoms with E-state index in [4.69, 9.17) is 27.9 Å². The third-order valence-electron chi connectivity index (χ3n) is 3.79. The zero-order chi connectivity index (χ0) is 20.8. The number of ether oxygens (including phenoxy) is 1. The number of esters is 1. The Bertz CT molecular complexity index is 1070. The Hall–Kier alpha value is -3.22. The van der Waals surface area contributed by atoms with E-state index in [9.17, 15) is 9.59 Å². The fourth-order valence-corrected chi connectivity index (χ4v) is 2.76. The van der Waals surface area contributed by atoms with Gasteiger partial charge in [-0.1, -0.05) is 23.2 Å². The van der Waals surface area contributed by atoms with Crippen LogP contribution in [0.1, 0.15) is 32.0 Å². The van der Waals surface area contributed by atoms with Gasteiger partial charge in [0.1, 0.15) is 5.75 Å². The lowest BCUT2D eigenvalue weighted by molar-refractivity contribution is 0.0734. The van der Waals surface area contributed by atoms with Crippen LogP contribution in [0, 0.1) is 6.92 Å². The highest BCUT2D eigenvalue weighted by atomic mass is 35.5. The van der Waals surface area contributed by atoms with Crippen molar-refractivity contribution in [1.29, 1.82) is 0 Å². The van der Waals surface area contributed by atoms with Crippen LogP contribution >= 0.6 is 23.2 Å². The number of pyridine rings is 1. The maximum atomic E-state index is 12.2. The second kappa shape index (κ2) is 9.32. The zero-order valence-corrected chi connectivity index (χ0v) is 16.7. The maximum Gasteiger partial charge on any atom is 0.345 e. The number of nitrogens with one attached hydrogen (secondary N) is 1. The van der Waals surface area contributed by atoms with Gasteiger partial charge in [-0.05, 0) is 67.1 Å². The van der Waals surface area contributed by atoms with Crippen molar-refractivity contribution in [1.82, 2.24) is 10.4 Å². The molecule has 0 saturated carbocycles. The van der Waals surface area contributed by atoms with Gasteiger partial charge in [0.25, 0.3) is 5.91 Å². The Balaban J connectivity index is 1.58. The summed E-state index contributed by atoms with van der Waals surface area (Å²) in [5, 5.41) is 4.55. The highest BCUT2D eigenvalue weighted by molar-refractivity contribution is 6.36. The molecule has 0 unspecified atom stereocenters. The fourth-order valence-electron chi connectivity index (χ4n) is 2.27. The van der Waals surface area contributed by atoms with Gasteiger partial charge in [-0.25, -0.2) is 10.2 Å². The van der Waals surface area contributed by atoms with Crippen LogP contribution in [-0.4, -0.2) is 23.1 Å². The second-order valence-electron chi connectivity index (χ2n) is 5.97. The van der Waals surface area contributed by atoms with Crippen molar-refractivity contribution in [3.8, 4) is 5.75 Å². The molecule has 6 nitrogen and oxygen atoms in total. The van der Waals surface area contributed by atoms with E-state index < -0.39 is 5.97 Å². The summed E-state index contributed by atoms with van der Waals surface area (Å²) in [6.07, 6.45) is 2.96. The number of amides is 1. The highest BCUT2D eigenvalue weighted by Crippen LogP contribution is 2.22. The quantitative estimate of drug-likeness (QED) is 0.277. The van der Waals surface area contributed by atoms with Gasteiger partial charge in [0.05, 0.1) is 22.4 Å². The minimum Gasteiger partial charge on any atom is -0.423 e. The van der Waals surface area contributed by atoms with E-state index in [1.54, 1.807) is 42.5 Å². The minimum absolute atomic E-state index is 0.214. The number of halogens is 2. The molecule has 3 aromatic rings. The Morgan fingerprint density at radius 2 is 1.83 bits per heavy atom. The largest absolute Gasteiger partial charge is 0.423 e. The summed E-state index contributed by atoms with van der Waals surface area (Å²) in [6, 6.07) is 14.5. The number of hydrazone groups is 1. The van der Waals surface area contributed by atoms with E-state index in [0.717, 1.165) is 5.69 Å². The lowest BCUT2D eigenvalue weighted by Gasteiger charge is -2.06. The molecule has 29 heavy (non-hydrogen) atoms. The van der Waals surface area contributed by atoms with Crippen LogP contribution in [-0.2, 0) is 0 Å². The van der Waals surface area contributed by atoms with Crippen LogP contribution in [0.15, 0.2) is 65.9 Å². The topological polar surface area (TPSA) is 80.6 Å². The van der Waals surface area contributed by atoms with Crippen LogP contribution < -0.4 is 10.2 Å². The predicted molar refractivity (Wildman–Crippen MR) is 112 cm³/mol. The number of nitrogens with zero attached hydrogens (tertiary/aromatic N) is 2. The van der Waals surface area contributed by atoms with Crippen molar-refractivity contribution in [3.63, 3.8) is 0 Å². The molecule has 8 heteroatoms. The highest BCUT2D eigenvalue weighted by Gasteiger charge is 2.13. The molecule has 1 amide bonds. The van der Waals surface area contributed by atoms with E-state index in [1.807, 2.05) is 6.92 Å². The van der Waals surface area contributed by atoms with Gasteiger partial charge in [-0.15, -0.1) is 0 Å². The first-order chi connectivity index (χ1) is 13.9. The Kier molecular flexibility index (Phi) is 6.59. The standard InChI is InChI=1S/C21H15Cl2N3O3/c1-13-2-5-15(12-24-13)20(27)26-25-11-14-3-7-17(8-4-14)29-21(28)18-9-6-16(22)10-19(18)23/h2-12H,1H3,(H,26,27)/b25-11+. The van der Waals surface area contributed by atoms with Crippen LogP contribution in [0.2, 0.25) is 10.0 Å². The first-order valence-electron chi connectivity index (χ1n) is 8.46. The average Bonchev–Trinajstić information content (AvgIpc) is 2.69. The number of hydrogen-bond donors (Lipinski definition) is 1. The zero-order valence-electron chi connectivity index (χ0n) is 15.2. The van der Waals surface area contributed by atoms with Crippen molar-refractivity contribution in [2.45, 2.75) is 6.92 Å². The molecule has 0 atom stereocenters. The molecule has 0 aliphatic carbocycles. The van der Waals surface area contributed by atoms with Crippen molar-refractivity contribution < 1.29 is 14.3 Å².